The molecule has 0 aliphatic heterocycles. The van der Waals surface area contributed by atoms with Gasteiger partial charge in [0.15, 0.2) is 5.16 Å². The maximum Gasteiger partial charge on any atom is 0.266 e. The van der Waals surface area contributed by atoms with Crippen molar-refractivity contribution in [1.29, 1.82) is 0 Å². The lowest BCUT2D eigenvalue weighted by Crippen LogP contribution is -2.22. The van der Waals surface area contributed by atoms with Gasteiger partial charge in [0.25, 0.3) is 5.56 Å². The number of nitrogens with zero attached hydrogens (tertiary/aromatic N) is 2. The van der Waals surface area contributed by atoms with E-state index < -0.39 is 0 Å². The third kappa shape index (κ3) is 3.70. The predicted molar refractivity (Wildman–Crippen MR) is 118 cm³/mol. The minimum atomic E-state index is -0.119. The fourth-order valence-corrected chi connectivity index (χ4v) is 4.31. The Labute approximate surface area is 175 Å². The zero-order valence-electron chi connectivity index (χ0n) is 15.1. The van der Waals surface area contributed by atoms with Crippen LogP contribution in [0.3, 0.4) is 0 Å². The number of halogens is 1. The second-order valence-electron chi connectivity index (χ2n) is 6.14. The van der Waals surface area contributed by atoms with Crippen molar-refractivity contribution in [2.24, 2.45) is 0 Å². The Morgan fingerprint density at radius 3 is 2.57 bits per heavy atom. The molecule has 1 heterocycles. The van der Waals surface area contributed by atoms with Crippen LogP contribution in [0.2, 0.25) is 0 Å². The number of thioether (sulfide) groups is 1. The van der Waals surface area contributed by atoms with Crippen LogP contribution in [0.5, 0.6) is 5.75 Å². The van der Waals surface area contributed by atoms with Crippen LogP contribution in [0.25, 0.3) is 16.6 Å². The van der Waals surface area contributed by atoms with Gasteiger partial charge in [-0.05, 0) is 35.9 Å². The average Bonchev–Trinajstić information content (AvgIpc) is 2.73. The molecule has 4 aromatic rings. The van der Waals surface area contributed by atoms with Crippen molar-refractivity contribution in [3.63, 3.8) is 0 Å². The zero-order chi connectivity index (χ0) is 19.5. The Kier molecular flexibility index (Phi) is 5.50. The fraction of sp³-hybridized carbons (Fsp3) is 0.0909. The summed E-state index contributed by atoms with van der Waals surface area (Å²) in [5.74, 6) is 1.34. The van der Waals surface area contributed by atoms with Gasteiger partial charge < -0.3 is 4.74 Å². The maximum absolute atomic E-state index is 13.4. The van der Waals surface area contributed by atoms with E-state index in [0.717, 1.165) is 4.47 Å². The number of hydrogen-bond acceptors (Lipinski definition) is 4. The third-order valence-electron chi connectivity index (χ3n) is 4.34. The highest BCUT2D eigenvalue weighted by atomic mass is 79.9. The first-order valence-electron chi connectivity index (χ1n) is 8.70. The van der Waals surface area contributed by atoms with Crippen molar-refractivity contribution in [3.05, 3.63) is 93.2 Å². The van der Waals surface area contributed by atoms with Crippen LogP contribution in [0.4, 0.5) is 0 Å². The number of hydrogen-bond donors (Lipinski definition) is 0. The van der Waals surface area contributed by atoms with Crippen LogP contribution in [-0.4, -0.2) is 16.7 Å². The monoisotopic (exact) mass is 452 g/mol. The van der Waals surface area contributed by atoms with Gasteiger partial charge in [-0.3, -0.25) is 9.36 Å². The topological polar surface area (TPSA) is 44.1 Å². The number of methoxy groups -OCH3 is 1. The molecule has 0 spiro atoms. The molecule has 0 atom stereocenters. The van der Waals surface area contributed by atoms with Gasteiger partial charge >= 0.3 is 0 Å². The van der Waals surface area contributed by atoms with E-state index in [9.17, 15) is 4.79 Å². The molecular formula is C22H17BrN2O2S. The molecule has 4 rings (SSSR count). The summed E-state index contributed by atoms with van der Waals surface area (Å²) in [6.07, 6.45) is 0. The van der Waals surface area contributed by atoms with Crippen LogP contribution < -0.4 is 10.3 Å². The second-order valence-corrected chi connectivity index (χ2v) is 8.00. The number of ether oxygens (including phenoxy) is 1. The van der Waals surface area contributed by atoms with Crippen molar-refractivity contribution in [2.45, 2.75) is 10.9 Å². The van der Waals surface area contributed by atoms with Gasteiger partial charge in [-0.1, -0.05) is 70.2 Å². The van der Waals surface area contributed by atoms with Gasteiger partial charge in [0.05, 0.1) is 23.7 Å². The molecule has 0 bridgehead atoms. The summed E-state index contributed by atoms with van der Waals surface area (Å²) in [5, 5.41) is 1.19. The lowest BCUT2D eigenvalue weighted by Gasteiger charge is -2.16. The second kappa shape index (κ2) is 8.20. The van der Waals surface area contributed by atoms with Gasteiger partial charge in [-0.15, -0.1) is 0 Å². The average molecular weight is 453 g/mol. The largest absolute Gasteiger partial charge is 0.495 e. The highest BCUT2D eigenvalue weighted by Gasteiger charge is 2.16. The summed E-state index contributed by atoms with van der Waals surface area (Å²) in [5.41, 5.74) is 2.41. The molecule has 140 valence electrons. The van der Waals surface area contributed by atoms with Gasteiger partial charge in [-0.2, -0.15) is 0 Å². The standard InChI is InChI=1S/C22H17BrN2O2S/c1-27-20-10-6-5-9-19(20)25-21(26)17-13-16(23)11-12-18(17)24-22(25)28-14-15-7-3-2-4-8-15/h2-13H,14H2,1H3. The van der Waals surface area contributed by atoms with E-state index >= 15 is 0 Å². The van der Waals surface area contributed by atoms with E-state index in [0.29, 0.717) is 33.2 Å². The molecule has 0 unspecified atom stereocenters. The molecule has 0 saturated heterocycles. The van der Waals surface area contributed by atoms with E-state index in [4.69, 9.17) is 9.72 Å². The van der Waals surface area contributed by atoms with Crippen LogP contribution in [0.1, 0.15) is 5.56 Å². The first kappa shape index (κ1) is 18.8. The van der Waals surface area contributed by atoms with Crippen molar-refractivity contribution >= 4 is 38.6 Å². The Morgan fingerprint density at radius 1 is 1.04 bits per heavy atom. The first-order chi connectivity index (χ1) is 13.7. The van der Waals surface area contributed by atoms with E-state index in [2.05, 4.69) is 28.1 Å². The summed E-state index contributed by atoms with van der Waals surface area (Å²) in [4.78, 5) is 18.2. The van der Waals surface area contributed by atoms with Crippen molar-refractivity contribution < 1.29 is 4.74 Å². The Morgan fingerprint density at radius 2 is 1.79 bits per heavy atom. The minimum Gasteiger partial charge on any atom is -0.495 e. The van der Waals surface area contributed by atoms with Crippen LogP contribution in [0, 0.1) is 0 Å². The lowest BCUT2D eigenvalue weighted by atomic mass is 10.2. The van der Waals surface area contributed by atoms with E-state index in [-0.39, 0.29) is 5.56 Å². The Balaban J connectivity index is 1.91. The number of para-hydroxylation sites is 2. The third-order valence-corrected chi connectivity index (χ3v) is 5.84. The summed E-state index contributed by atoms with van der Waals surface area (Å²) >= 11 is 4.98. The molecule has 6 heteroatoms. The van der Waals surface area contributed by atoms with Crippen LogP contribution >= 0.6 is 27.7 Å². The Hall–Kier alpha value is -2.57. The normalized spacial score (nSPS) is 10.9. The minimum absolute atomic E-state index is 0.119. The number of benzene rings is 3. The summed E-state index contributed by atoms with van der Waals surface area (Å²) in [7, 11) is 1.60. The first-order valence-corrected chi connectivity index (χ1v) is 10.5. The highest BCUT2D eigenvalue weighted by molar-refractivity contribution is 9.10. The summed E-state index contributed by atoms with van der Waals surface area (Å²) in [6, 6.07) is 23.2. The van der Waals surface area contributed by atoms with Crippen LogP contribution in [-0.2, 0) is 5.75 Å². The van der Waals surface area contributed by atoms with E-state index in [1.807, 2.05) is 60.7 Å². The predicted octanol–water partition coefficient (Wildman–Crippen LogP) is 5.45. The SMILES string of the molecule is COc1ccccc1-n1c(SCc2ccccc2)nc2ccc(Br)cc2c1=O. The molecule has 0 amide bonds. The molecule has 0 saturated carbocycles. The smallest absolute Gasteiger partial charge is 0.266 e. The molecule has 0 N–H and O–H groups in total. The number of fused-ring (bicyclic) bond motifs is 1. The highest BCUT2D eigenvalue weighted by Crippen LogP contribution is 2.29. The van der Waals surface area contributed by atoms with Crippen molar-refractivity contribution in [2.75, 3.05) is 7.11 Å². The van der Waals surface area contributed by atoms with Gasteiger partial charge in [-0.25, -0.2) is 4.98 Å². The molecule has 4 nitrogen and oxygen atoms in total. The molecule has 3 aromatic carbocycles. The van der Waals surface area contributed by atoms with Crippen LogP contribution in [0.15, 0.2) is 87.2 Å². The van der Waals surface area contributed by atoms with Gasteiger partial charge in [0.2, 0.25) is 0 Å². The molecule has 1 aromatic heterocycles. The lowest BCUT2D eigenvalue weighted by molar-refractivity contribution is 0.411. The maximum atomic E-state index is 13.4. The van der Waals surface area contributed by atoms with Crippen molar-refractivity contribution in [1.82, 2.24) is 9.55 Å². The number of rotatable bonds is 5. The Bertz CT molecular complexity index is 1190. The van der Waals surface area contributed by atoms with Gasteiger partial charge in [0.1, 0.15) is 5.75 Å². The van der Waals surface area contributed by atoms with Gasteiger partial charge in [0, 0.05) is 10.2 Å². The zero-order valence-corrected chi connectivity index (χ0v) is 17.5. The fourth-order valence-electron chi connectivity index (χ4n) is 2.98. The molecule has 0 aliphatic carbocycles. The summed E-state index contributed by atoms with van der Waals surface area (Å²) < 4.78 is 7.99. The summed E-state index contributed by atoms with van der Waals surface area (Å²) in [6.45, 7) is 0. The molecular weight excluding hydrogens is 436 g/mol. The number of aromatic nitrogens is 2. The molecule has 0 aliphatic rings. The molecule has 28 heavy (non-hydrogen) atoms. The quantitative estimate of drug-likeness (QED) is 0.298. The molecule has 0 radical (unpaired) electrons. The van der Waals surface area contributed by atoms with Crippen molar-refractivity contribution in [3.8, 4) is 11.4 Å². The molecule has 0 fully saturated rings. The van der Waals surface area contributed by atoms with E-state index in [1.165, 1.54) is 17.3 Å². The van der Waals surface area contributed by atoms with E-state index in [1.54, 1.807) is 11.7 Å².